The highest BCUT2D eigenvalue weighted by atomic mass is 19.1. The van der Waals surface area contributed by atoms with E-state index in [4.69, 9.17) is 0 Å². The van der Waals surface area contributed by atoms with Gasteiger partial charge in [0.25, 0.3) is 0 Å². The fourth-order valence-electron chi connectivity index (χ4n) is 2.87. The second kappa shape index (κ2) is 6.44. The van der Waals surface area contributed by atoms with Gasteiger partial charge < -0.3 is 10.6 Å². The van der Waals surface area contributed by atoms with Gasteiger partial charge in [0, 0.05) is 17.3 Å². The number of rotatable bonds is 4. The van der Waals surface area contributed by atoms with Gasteiger partial charge in [-0.1, -0.05) is 6.07 Å². The molecule has 0 amide bonds. The van der Waals surface area contributed by atoms with E-state index in [9.17, 15) is 4.39 Å². The monoisotopic (exact) mass is 348 g/mol. The van der Waals surface area contributed by atoms with Crippen molar-refractivity contribution in [3.63, 3.8) is 0 Å². The van der Waals surface area contributed by atoms with Crippen molar-refractivity contribution in [1.29, 1.82) is 0 Å². The van der Waals surface area contributed by atoms with E-state index in [1.165, 1.54) is 12.1 Å². The Hall–Kier alpha value is -3.48. The quantitative estimate of drug-likeness (QED) is 0.502. The zero-order valence-electron chi connectivity index (χ0n) is 14.3. The van der Waals surface area contributed by atoms with Gasteiger partial charge >= 0.3 is 0 Å². The van der Waals surface area contributed by atoms with Gasteiger partial charge in [0.2, 0.25) is 5.95 Å². The molecule has 0 unspecified atom stereocenters. The third-order valence-electron chi connectivity index (χ3n) is 3.90. The first kappa shape index (κ1) is 16.0. The Kier molecular flexibility index (Phi) is 3.96. The number of H-pyrrole nitrogens is 1. The lowest BCUT2D eigenvalue weighted by atomic mass is 10.1. The highest BCUT2D eigenvalue weighted by molar-refractivity contribution is 5.91. The molecular weight excluding hydrogens is 331 g/mol. The summed E-state index contributed by atoms with van der Waals surface area (Å²) in [6.45, 7) is 4.08. The molecule has 0 atom stereocenters. The van der Waals surface area contributed by atoms with Crippen LogP contribution in [-0.4, -0.2) is 20.2 Å². The molecule has 7 heteroatoms. The fourth-order valence-corrected chi connectivity index (χ4v) is 2.87. The number of aryl methyl sites for hydroxylation is 2. The predicted octanol–water partition coefficient (Wildman–Crippen LogP) is 4.60. The van der Waals surface area contributed by atoms with Crippen LogP contribution in [0.2, 0.25) is 0 Å². The molecule has 4 rings (SSSR count). The van der Waals surface area contributed by atoms with E-state index in [2.05, 4.69) is 36.9 Å². The Morgan fingerprint density at radius 3 is 2.58 bits per heavy atom. The van der Waals surface area contributed by atoms with Crippen molar-refractivity contribution in [2.75, 3.05) is 10.6 Å². The molecule has 2 aromatic carbocycles. The number of aromatic amines is 1. The number of aromatic nitrogens is 4. The molecule has 0 spiro atoms. The number of fused-ring (bicyclic) bond motifs is 1. The van der Waals surface area contributed by atoms with E-state index in [0.29, 0.717) is 23.0 Å². The number of halogens is 1. The van der Waals surface area contributed by atoms with Crippen molar-refractivity contribution < 1.29 is 4.39 Å². The minimum absolute atomic E-state index is 0.318. The molecule has 6 nitrogen and oxygen atoms in total. The number of benzene rings is 2. The molecular formula is C19H17FN6. The maximum absolute atomic E-state index is 13.5. The van der Waals surface area contributed by atoms with E-state index in [0.717, 1.165) is 22.3 Å². The van der Waals surface area contributed by atoms with Gasteiger partial charge in [-0.2, -0.15) is 10.1 Å². The second-order valence-electron chi connectivity index (χ2n) is 6.15. The zero-order valence-corrected chi connectivity index (χ0v) is 14.3. The summed E-state index contributed by atoms with van der Waals surface area (Å²) in [5.41, 5.74) is 3.99. The first-order chi connectivity index (χ1) is 12.6. The first-order valence-corrected chi connectivity index (χ1v) is 8.16. The van der Waals surface area contributed by atoms with E-state index in [1.807, 2.05) is 26.0 Å². The Labute approximate surface area is 149 Å². The maximum atomic E-state index is 13.5. The number of nitrogens with zero attached hydrogens (tertiary/aromatic N) is 3. The lowest BCUT2D eigenvalue weighted by molar-refractivity contribution is 0.630. The first-order valence-electron chi connectivity index (χ1n) is 8.16. The van der Waals surface area contributed by atoms with E-state index in [-0.39, 0.29) is 5.82 Å². The smallest absolute Gasteiger partial charge is 0.229 e. The minimum Gasteiger partial charge on any atom is -0.324 e. The average Bonchev–Trinajstić information content (AvgIpc) is 2.96. The molecule has 0 bridgehead atoms. The third-order valence-corrected chi connectivity index (χ3v) is 3.90. The van der Waals surface area contributed by atoms with E-state index >= 15 is 0 Å². The third kappa shape index (κ3) is 3.32. The predicted molar refractivity (Wildman–Crippen MR) is 101 cm³/mol. The van der Waals surface area contributed by atoms with Gasteiger partial charge in [-0.15, -0.1) is 0 Å². The normalized spacial score (nSPS) is 10.9. The number of anilines is 4. The van der Waals surface area contributed by atoms with Crippen LogP contribution in [0.25, 0.3) is 10.9 Å². The second-order valence-corrected chi connectivity index (χ2v) is 6.15. The molecule has 3 N–H and O–H groups in total. The summed E-state index contributed by atoms with van der Waals surface area (Å²) in [4.78, 5) is 8.70. The summed E-state index contributed by atoms with van der Waals surface area (Å²) in [5, 5.41) is 14.0. The van der Waals surface area contributed by atoms with Crippen LogP contribution in [0, 0.1) is 19.7 Å². The Bertz CT molecular complexity index is 1070. The Balaban J connectivity index is 1.60. The SMILES string of the molecule is Cc1cc(C)cc(Nc2nccc(Nc3n[nH]c4ccc(F)cc34)n2)c1. The summed E-state index contributed by atoms with van der Waals surface area (Å²) in [6, 6.07) is 12.4. The van der Waals surface area contributed by atoms with Gasteiger partial charge in [0.15, 0.2) is 5.82 Å². The van der Waals surface area contributed by atoms with Crippen molar-refractivity contribution in [1.82, 2.24) is 20.2 Å². The molecule has 2 aromatic heterocycles. The fraction of sp³-hybridized carbons (Fsp3) is 0.105. The van der Waals surface area contributed by atoms with Crippen LogP contribution in [0.3, 0.4) is 0 Å². The summed E-state index contributed by atoms with van der Waals surface area (Å²) >= 11 is 0. The number of hydrogen-bond acceptors (Lipinski definition) is 5. The van der Waals surface area contributed by atoms with E-state index in [1.54, 1.807) is 18.3 Å². The molecule has 130 valence electrons. The molecule has 4 aromatic rings. The van der Waals surface area contributed by atoms with Crippen LogP contribution in [0.4, 0.5) is 27.7 Å². The van der Waals surface area contributed by atoms with Crippen LogP contribution in [0.5, 0.6) is 0 Å². The van der Waals surface area contributed by atoms with Crippen LogP contribution in [-0.2, 0) is 0 Å². The highest BCUT2D eigenvalue weighted by Crippen LogP contribution is 2.24. The topological polar surface area (TPSA) is 78.5 Å². The molecule has 2 heterocycles. The van der Waals surface area contributed by atoms with Gasteiger partial charge in [-0.25, -0.2) is 9.37 Å². The Morgan fingerprint density at radius 1 is 0.962 bits per heavy atom. The molecule has 0 saturated carbocycles. The van der Waals surface area contributed by atoms with Gasteiger partial charge in [0.05, 0.1) is 5.52 Å². The molecule has 0 radical (unpaired) electrons. The van der Waals surface area contributed by atoms with Gasteiger partial charge in [-0.05, 0) is 61.4 Å². The highest BCUT2D eigenvalue weighted by Gasteiger charge is 2.08. The van der Waals surface area contributed by atoms with Crippen molar-refractivity contribution in [3.8, 4) is 0 Å². The van der Waals surface area contributed by atoms with Crippen LogP contribution < -0.4 is 10.6 Å². The van der Waals surface area contributed by atoms with E-state index < -0.39 is 0 Å². The number of nitrogens with one attached hydrogen (secondary N) is 3. The van der Waals surface area contributed by atoms with Crippen molar-refractivity contribution in [2.24, 2.45) is 0 Å². The maximum Gasteiger partial charge on any atom is 0.229 e. The van der Waals surface area contributed by atoms with Gasteiger partial charge in [0.1, 0.15) is 11.6 Å². The molecule has 26 heavy (non-hydrogen) atoms. The summed E-state index contributed by atoms with van der Waals surface area (Å²) in [6.07, 6.45) is 1.65. The summed E-state index contributed by atoms with van der Waals surface area (Å²) in [5.74, 6) is 1.22. The molecule has 0 aliphatic carbocycles. The average molecular weight is 348 g/mol. The minimum atomic E-state index is -0.318. The van der Waals surface area contributed by atoms with Crippen molar-refractivity contribution in [2.45, 2.75) is 13.8 Å². The Morgan fingerprint density at radius 2 is 1.77 bits per heavy atom. The summed E-state index contributed by atoms with van der Waals surface area (Å²) in [7, 11) is 0. The van der Waals surface area contributed by atoms with Crippen molar-refractivity contribution >= 4 is 34.2 Å². The molecule has 0 aliphatic heterocycles. The largest absolute Gasteiger partial charge is 0.324 e. The van der Waals surface area contributed by atoms with Crippen LogP contribution in [0.1, 0.15) is 11.1 Å². The standard InChI is InChI=1S/C19H17FN6/c1-11-7-12(2)9-14(8-11)22-19-21-6-5-17(24-19)23-18-15-10-13(20)3-4-16(15)25-26-18/h3-10H,1-2H3,(H3,21,22,23,24,25,26). The molecule has 0 saturated heterocycles. The van der Waals surface area contributed by atoms with Crippen molar-refractivity contribution in [3.05, 3.63) is 65.6 Å². The van der Waals surface area contributed by atoms with Crippen LogP contribution >= 0.6 is 0 Å². The summed E-state index contributed by atoms with van der Waals surface area (Å²) < 4.78 is 13.5. The molecule has 0 aliphatic rings. The molecule has 0 fully saturated rings. The lowest BCUT2D eigenvalue weighted by Crippen LogP contribution is -2.01. The van der Waals surface area contributed by atoms with Gasteiger partial charge in [-0.3, -0.25) is 5.10 Å². The lowest BCUT2D eigenvalue weighted by Gasteiger charge is -2.09. The van der Waals surface area contributed by atoms with Crippen LogP contribution in [0.15, 0.2) is 48.7 Å². The zero-order chi connectivity index (χ0) is 18.1. The number of hydrogen-bond donors (Lipinski definition) is 3.